The smallest absolute Gasteiger partial charge is 0.0245 e. The average molecular weight is 393 g/mol. The van der Waals surface area contributed by atoms with Crippen molar-refractivity contribution in [3.8, 4) is 0 Å². The third kappa shape index (κ3) is 5.36. The van der Waals surface area contributed by atoms with E-state index in [0.29, 0.717) is 0 Å². The predicted octanol–water partition coefficient (Wildman–Crippen LogP) is 8.32. The van der Waals surface area contributed by atoms with Crippen LogP contribution in [0.15, 0.2) is 30.9 Å². The van der Waals surface area contributed by atoms with Gasteiger partial charge in [0.25, 0.3) is 0 Å². The van der Waals surface area contributed by atoms with E-state index in [2.05, 4.69) is 37.8 Å². The van der Waals surface area contributed by atoms with Gasteiger partial charge in [0.15, 0.2) is 0 Å². The van der Waals surface area contributed by atoms with Crippen LogP contribution in [-0.4, -0.2) is 0 Å². The van der Waals surface area contributed by atoms with E-state index < -0.39 is 0 Å². The van der Waals surface area contributed by atoms with Gasteiger partial charge in [0.05, 0.1) is 0 Å². The van der Waals surface area contributed by atoms with Gasteiger partial charge >= 0.3 is 0 Å². The van der Waals surface area contributed by atoms with E-state index in [4.69, 9.17) is 0 Å². The van der Waals surface area contributed by atoms with Gasteiger partial charge in [0, 0.05) is 0 Å². The van der Waals surface area contributed by atoms with E-state index in [1.165, 1.54) is 89.9 Å². The summed E-state index contributed by atoms with van der Waals surface area (Å²) in [5.74, 6) is 5.08. The second-order valence-corrected chi connectivity index (χ2v) is 10.7. The van der Waals surface area contributed by atoms with Gasteiger partial charge < -0.3 is 0 Å². The van der Waals surface area contributed by atoms with Crippen LogP contribution in [0.5, 0.6) is 0 Å². The SMILES string of the molecule is C=CCCC1CCC2CC(C3CCc4cc(CCCCC)ccc4C3)CCC2C1. The van der Waals surface area contributed by atoms with Crippen molar-refractivity contribution in [2.75, 3.05) is 0 Å². The highest BCUT2D eigenvalue weighted by Gasteiger charge is 2.38. The van der Waals surface area contributed by atoms with Gasteiger partial charge in [0.1, 0.15) is 0 Å². The molecule has 3 aliphatic carbocycles. The first kappa shape index (κ1) is 21.2. The number of rotatable bonds is 8. The molecule has 0 aromatic heterocycles. The molecule has 1 aromatic carbocycles. The highest BCUT2D eigenvalue weighted by Crippen LogP contribution is 2.49. The fourth-order valence-electron chi connectivity index (χ4n) is 7.04. The van der Waals surface area contributed by atoms with Crippen LogP contribution >= 0.6 is 0 Å². The number of benzene rings is 1. The van der Waals surface area contributed by atoms with Gasteiger partial charge in [-0.25, -0.2) is 0 Å². The molecule has 0 heterocycles. The van der Waals surface area contributed by atoms with E-state index >= 15 is 0 Å². The van der Waals surface area contributed by atoms with Crippen molar-refractivity contribution >= 4 is 0 Å². The second kappa shape index (κ2) is 10.3. The fourth-order valence-corrected chi connectivity index (χ4v) is 7.04. The van der Waals surface area contributed by atoms with Gasteiger partial charge in [0.2, 0.25) is 0 Å². The van der Waals surface area contributed by atoms with Crippen molar-refractivity contribution in [2.24, 2.45) is 29.6 Å². The summed E-state index contributed by atoms with van der Waals surface area (Å²) in [7, 11) is 0. The molecule has 0 nitrogen and oxygen atoms in total. The molecule has 3 aliphatic rings. The largest absolute Gasteiger partial charge is 0.103 e. The summed E-state index contributed by atoms with van der Waals surface area (Å²) < 4.78 is 0. The molecule has 0 bridgehead atoms. The molecule has 0 amide bonds. The molecule has 0 heteroatoms. The van der Waals surface area contributed by atoms with Crippen LogP contribution in [0.4, 0.5) is 0 Å². The minimum absolute atomic E-state index is 0.966. The van der Waals surface area contributed by atoms with E-state index in [0.717, 1.165) is 29.6 Å². The summed E-state index contributed by atoms with van der Waals surface area (Å²) in [6, 6.07) is 7.50. The summed E-state index contributed by atoms with van der Waals surface area (Å²) in [4.78, 5) is 0. The molecule has 0 aliphatic heterocycles. The van der Waals surface area contributed by atoms with Crippen molar-refractivity contribution < 1.29 is 0 Å². The Morgan fingerprint density at radius 2 is 1.69 bits per heavy atom. The first-order chi connectivity index (χ1) is 14.3. The predicted molar refractivity (Wildman–Crippen MR) is 126 cm³/mol. The molecule has 1 aromatic rings. The van der Waals surface area contributed by atoms with Gasteiger partial charge in [-0.1, -0.05) is 50.5 Å². The van der Waals surface area contributed by atoms with E-state index in [9.17, 15) is 0 Å². The van der Waals surface area contributed by atoms with Crippen molar-refractivity contribution in [1.29, 1.82) is 0 Å². The van der Waals surface area contributed by atoms with Crippen LogP contribution < -0.4 is 0 Å². The Morgan fingerprint density at radius 3 is 2.52 bits per heavy atom. The van der Waals surface area contributed by atoms with Gasteiger partial charge in [-0.05, 0) is 123 Å². The second-order valence-electron chi connectivity index (χ2n) is 10.7. The Hall–Kier alpha value is -1.04. The van der Waals surface area contributed by atoms with Crippen molar-refractivity contribution in [3.63, 3.8) is 0 Å². The topological polar surface area (TPSA) is 0 Å². The molecule has 0 saturated heterocycles. The first-order valence-electron chi connectivity index (χ1n) is 13.0. The monoisotopic (exact) mass is 392 g/mol. The third-order valence-corrected chi connectivity index (χ3v) is 8.81. The van der Waals surface area contributed by atoms with Crippen LogP contribution in [0.2, 0.25) is 0 Å². The molecular weight excluding hydrogens is 348 g/mol. The van der Waals surface area contributed by atoms with Crippen LogP contribution in [0.25, 0.3) is 0 Å². The van der Waals surface area contributed by atoms with Gasteiger partial charge in [-0.3, -0.25) is 0 Å². The van der Waals surface area contributed by atoms with E-state index in [1.54, 1.807) is 23.1 Å². The average Bonchev–Trinajstić information content (AvgIpc) is 2.77. The molecule has 5 atom stereocenters. The van der Waals surface area contributed by atoms with Gasteiger partial charge in [-0.2, -0.15) is 0 Å². The van der Waals surface area contributed by atoms with Crippen LogP contribution in [-0.2, 0) is 19.3 Å². The Kier molecular flexibility index (Phi) is 7.54. The molecule has 29 heavy (non-hydrogen) atoms. The number of unbranched alkanes of at least 4 members (excludes halogenated alkanes) is 2. The van der Waals surface area contributed by atoms with Crippen molar-refractivity contribution in [2.45, 2.75) is 103 Å². The van der Waals surface area contributed by atoms with E-state index in [1.807, 2.05) is 0 Å². The van der Waals surface area contributed by atoms with Gasteiger partial charge in [-0.15, -0.1) is 6.58 Å². The lowest BCUT2D eigenvalue weighted by atomic mass is 9.61. The zero-order valence-electron chi connectivity index (χ0n) is 19.0. The molecule has 2 saturated carbocycles. The number of hydrogen-bond acceptors (Lipinski definition) is 0. The molecule has 0 spiro atoms. The van der Waals surface area contributed by atoms with Crippen LogP contribution in [0, 0.1) is 29.6 Å². The maximum Gasteiger partial charge on any atom is -0.0245 e. The first-order valence-corrected chi connectivity index (χ1v) is 13.0. The minimum Gasteiger partial charge on any atom is -0.103 e. The minimum atomic E-state index is 0.966. The Labute approximate surface area is 180 Å². The molecule has 0 radical (unpaired) electrons. The standard InChI is InChI=1S/C29H44/c1-3-5-7-9-23-11-13-27-21-29(17-15-25(27)19-23)28-16-14-24-18-22(8-6-4-2)10-12-26(24)20-28/h4,11,13,19,22,24,26,28-29H,2-3,5-10,12,14-18,20-21H2,1H3. The summed E-state index contributed by atoms with van der Waals surface area (Å²) in [5, 5.41) is 0. The lowest BCUT2D eigenvalue weighted by Crippen LogP contribution is -2.35. The zero-order valence-corrected chi connectivity index (χ0v) is 19.0. The molecule has 160 valence electrons. The maximum atomic E-state index is 3.93. The molecular formula is C29H44. The van der Waals surface area contributed by atoms with Crippen molar-refractivity contribution in [3.05, 3.63) is 47.5 Å². The lowest BCUT2D eigenvalue weighted by Gasteiger charge is -2.45. The Bertz CT molecular complexity index is 656. The van der Waals surface area contributed by atoms with Crippen LogP contribution in [0.1, 0.15) is 101 Å². The highest BCUT2D eigenvalue weighted by atomic mass is 14.4. The number of hydrogen-bond donors (Lipinski definition) is 0. The summed E-state index contributed by atoms with van der Waals surface area (Å²) in [5.41, 5.74) is 4.96. The van der Waals surface area contributed by atoms with Crippen molar-refractivity contribution in [1.82, 2.24) is 0 Å². The highest BCUT2D eigenvalue weighted by molar-refractivity contribution is 5.34. The third-order valence-electron chi connectivity index (χ3n) is 8.81. The normalized spacial score (nSPS) is 31.7. The zero-order chi connectivity index (χ0) is 20.1. The fraction of sp³-hybridized carbons (Fsp3) is 0.724. The van der Waals surface area contributed by atoms with E-state index in [-0.39, 0.29) is 0 Å². The number of aryl methyl sites for hydroxylation is 2. The quantitative estimate of drug-likeness (QED) is 0.308. The number of fused-ring (bicyclic) bond motifs is 2. The Balaban J connectivity index is 1.30. The summed E-state index contributed by atoms with van der Waals surface area (Å²) in [6.45, 7) is 6.23. The van der Waals surface area contributed by atoms with Crippen LogP contribution in [0.3, 0.4) is 0 Å². The lowest BCUT2D eigenvalue weighted by molar-refractivity contribution is 0.0699. The summed E-state index contributed by atoms with van der Waals surface area (Å²) >= 11 is 0. The Morgan fingerprint density at radius 1 is 0.897 bits per heavy atom. The molecule has 2 fully saturated rings. The molecule has 0 N–H and O–H groups in total. The number of allylic oxidation sites excluding steroid dienone is 1. The molecule has 4 rings (SSSR count). The summed E-state index contributed by atoms with van der Waals surface area (Å²) in [6.07, 6.45) is 23.4. The maximum absolute atomic E-state index is 3.93. The molecule has 5 unspecified atom stereocenters.